The van der Waals surface area contributed by atoms with Crippen LogP contribution < -0.4 is 10.1 Å². The summed E-state index contributed by atoms with van der Waals surface area (Å²) in [5, 5.41) is 2.98. The van der Waals surface area contributed by atoms with Crippen LogP contribution in [-0.4, -0.2) is 35.9 Å². The first-order valence-corrected chi connectivity index (χ1v) is 11.2. The van der Waals surface area contributed by atoms with Gasteiger partial charge in [-0.05, 0) is 54.5 Å². The average Bonchev–Trinajstić information content (AvgIpc) is 2.77. The number of carbonyl (C=O) groups is 2. The third kappa shape index (κ3) is 7.42. The van der Waals surface area contributed by atoms with Gasteiger partial charge in [0.25, 0.3) is 5.91 Å². The summed E-state index contributed by atoms with van der Waals surface area (Å²) in [6.07, 6.45) is 1.49. The molecule has 1 atom stereocenters. The van der Waals surface area contributed by atoms with Crippen molar-refractivity contribution in [3.05, 3.63) is 65.2 Å². The molecule has 0 saturated heterocycles. The van der Waals surface area contributed by atoms with Crippen LogP contribution >= 0.6 is 0 Å². The van der Waals surface area contributed by atoms with E-state index in [-0.39, 0.29) is 18.4 Å². The smallest absolute Gasteiger partial charge is 0.261 e. The van der Waals surface area contributed by atoms with Crippen LogP contribution in [0.3, 0.4) is 0 Å². The Morgan fingerprint density at radius 3 is 2.29 bits per heavy atom. The maximum absolute atomic E-state index is 13.2. The minimum atomic E-state index is -0.545. The number of rotatable bonds is 11. The van der Waals surface area contributed by atoms with Crippen LogP contribution in [0, 0.1) is 12.8 Å². The Hall–Kier alpha value is -2.82. The lowest BCUT2D eigenvalue weighted by Crippen LogP contribution is -2.50. The molecule has 0 radical (unpaired) electrons. The Kier molecular flexibility index (Phi) is 9.57. The Morgan fingerprint density at radius 1 is 1.03 bits per heavy atom. The summed E-state index contributed by atoms with van der Waals surface area (Å²) in [6.45, 7) is 11.0. The fourth-order valence-electron chi connectivity index (χ4n) is 3.36. The first-order chi connectivity index (χ1) is 14.8. The van der Waals surface area contributed by atoms with E-state index >= 15 is 0 Å². The predicted molar refractivity (Wildman–Crippen MR) is 125 cm³/mol. The minimum absolute atomic E-state index is 0.106. The van der Waals surface area contributed by atoms with Gasteiger partial charge in [-0.25, -0.2) is 0 Å². The molecule has 0 unspecified atom stereocenters. The van der Waals surface area contributed by atoms with Gasteiger partial charge in [0.15, 0.2) is 6.61 Å². The van der Waals surface area contributed by atoms with Gasteiger partial charge in [0, 0.05) is 13.1 Å². The number of aryl methyl sites for hydroxylation is 2. The zero-order valence-corrected chi connectivity index (χ0v) is 19.5. The van der Waals surface area contributed by atoms with Crippen molar-refractivity contribution in [3.63, 3.8) is 0 Å². The van der Waals surface area contributed by atoms with Crippen molar-refractivity contribution in [1.29, 1.82) is 0 Å². The summed E-state index contributed by atoms with van der Waals surface area (Å²) in [5.74, 6) is 0.676. The number of hydrogen-bond donors (Lipinski definition) is 1. The molecule has 2 aromatic rings. The number of amides is 2. The largest absolute Gasteiger partial charge is 0.484 e. The molecular formula is C26H36N2O3. The Morgan fingerprint density at radius 2 is 1.71 bits per heavy atom. The molecule has 5 heteroatoms. The fourth-order valence-corrected chi connectivity index (χ4v) is 3.36. The van der Waals surface area contributed by atoms with Crippen molar-refractivity contribution in [2.24, 2.45) is 5.92 Å². The second-order valence-corrected chi connectivity index (χ2v) is 8.30. The standard InChI is InChI=1S/C26H36N2O3/c1-6-21-12-14-23(15-13-21)31-18-25(29)28(17-22-11-9-8-10-20(22)5)24(7-2)26(30)27-16-19(3)4/h8-15,19,24H,6-7,16-18H2,1-5H3,(H,27,30)/t24-/m1/s1. The van der Waals surface area contributed by atoms with Gasteiger partial charge in [-0.3, -0.25) is 9.59 Å². The van der Waals surface area contributed by atoms with Gasteiger partial charge in [-0.1, -0.05) is 64.1 Å². The van der Waals surface area contributed by atoms with Crippen molar-refractivity contribution in [3.8, 4) is 5.75 Å². The summed E-state index contributed by atoms with van der Waals surface area (Å²) in [6, 6.07) is 15.2. The minimum Gasteiger partial charge on any atom is -0.484 e. The van der Waals surface area contributed by atoms with Gasteiger partial charge in [0.1, 0.15) is 11.8 Å². The molecule has 1 N–H and O–H groups in total. The molecule has 0 spiro atoms. The van der Waals surface area contributed by atoms with Crippen LogP contribution in [0.15, 0.2) is 48.5 Å². The lowest BCUT2D eigenvalue weighted by molar-refractivity contribution is -0.143. The van der Waals surface area contributed by atoms with Gasteiger partial charge >= 0.3 is 0 Å². The maximum atomic E-state index is 13.2. The fraction of sp³-hybridized carbons (Fsp3) is 0.462. The van der Waals surface area contributed by atoms with E-state index in [2.05, 4.69) is 26.1 Å². The zero-order valence-electron chi connectivity index (χ0n) is 19.5. The van der Waals surface area contributed by atoms with Crippen molar-refractivity contribution in [2.45, 2.75) is 60.0 Å². The number of carbonyl (C=O) groups excluding carboxylic acids is 2. The monoisotopic (exact) mass is 424 g/mol. The van der Waals surface area contributed by atoms with Gasteiger partial charge < -0.3 is 15.0 Å². The second kappa shape index (κ2) is 12.1. The molecule has 0 heterocycles. The highest BCUT2D eigenvalue weighted by Gasteiger charge is 2.29. The molecular weight excluding hydrogens is 388 g/mol. The van der Waals surface area contributed by atoms with Crippen molar-refractivity contribution < 1.29 is 14.3 Å². The maximum Gasteiger partial charge on any atom is 0.261 e. The SMILES string of the molecule is CCc1ccc(OCC(=O)N(Cc2ccccc2C)[C@H](CC)C(=O)NCC(C)C)cc1. The highest BCUT2D eigenvalue weighted by Crippen LogP contribution is 2.17. The molecule has 5 nitrogen and oxygen atoms in total. The van der Waals surface area contributed by atoms with Crippen LogP contribution in [0.4, 0.5) is 0 Å². The van der Waals surface area contributed by atoms with E-state index in [9.17, 15) is 9.59 Å². The summed E-state index contributed by atoms with van der Waals surface area (Å²) in [4.78, 5) is 27.8. The molecule has 0 aliphatic carbocycles. The lowest BCUT2D eigenvalue weighted by atomic mass is 10.1. The molecule has 168 valence electrons. The Labute approximate surface area is 186 Å². The van der Waals surface area contributed by atoms with Crippen molar-refractivity contribution >= 4 is 11.8 Å². The summed E-state index contributed by atoms with van der Waals surface area (Å²) >= 11 is 0. The number of benzene rings is 2. The molecule has 2 aromatic carbocycles. The molecule has 0 fully saturated rings. The van der Waals surface area contributed by atoms with Crippen LogP contribution in [0.5, 0.6) is 5.75 Å². The van der Waals surface area contributed by atoms with E-state index in [0.717, 1.165) is 17.5 Å². The third-order valence-electron chi connectivity index (χ3n) is 5.37. The first-order valence-electron chi connectivity index (χ1n) is 11.2. The molecule has 0 aliphatic rings. The van der Waals surface area contributed by atoms with Crippen LogP contribution in [0.2, 0.25) is 0 Å². The highest BCUT2D eigenvalue weighted by molar-refractivity contribution is 5.88. The summed E-state index contributed by atoms with van der Waals surface area (Å²) in [7, 11) is 0. The predicted octanol–water partition coefficient (Wildman–Crippen LogP) is 4.52. The number of hydrogen-bond acceptors (Lipinski definition) is 3. The molecule has 0 aromatic heterocycles. The van der Waals surface area contributed by atoms with E-state index < -0.39 is 6.04 Å². The normalized spacial score (nSPS) is 11.8. The van der Waals surface area contributed by atoms with Gasteiger partial charge in [0.2, 0.25) is 5.91 Å². The van der Waals surface area contributed by atoms with Crippen LogP contribution in [-0.2, 0) is 22.6 Å². The molecule has 0 saturated carbocycles. The number of nitrogens with one attached hydrogen (secondary N) is 1. The second-order valence-electron chi connectivity index (χ2n) is 8.30. The Bertz CT molecular complexity index is 846. The summed E-state index contributed by atoms with van der Waals surface area (Å²) < 4.78 is 5.77. The first kappa shape index (κ1) is 24.4. The topological polar surface area (TPSA) is 58.6 Å². The van der Waals surface area contributed by atoms with E-state index in [1.54, 1.807) is 4.90 Å². The van der Waals surface area contributed by atoms with E-state index in [1.807, 2.05) is 62.4 Å². The van der Waals surface area contributed by atoms with Crippen LogP contribution in [0.25, 0.3) is 0 Å². The quantitative estimate of drug-likeness (QED) is 0.577. The molecule has 31 heavy (non-hydrogen) atoms. The van der Waals surface area contributed by atoms with Crippen molar-refractivity contribution in [1.82, 2.24) is 10.2 Å². The highest BCUT2D eigenvalue weighted by atomic mass is 16.5. The molecule has 2 amide bonds. The third-order valence-corrected chi connectivity index (χ3v) is 5.37. The molecule has 0 aliphatic heterocycles. The van der Waals surface area contributed by atoms with Gasteiger partial charge in [-0.2, -0.15) is 0 Å². The van der Waals surface area contributed by atoms with Gasteiger partial charge in [0.05, 0.1) is 0 Å². The van der Waals surface area contributed by atoms with E-state index in [0.29, 0.717) is 31.2 Å². The van der Waals surface area contributed by atoms with Gasteiger partial charge in [-0.15, -0.1) is 0 Å². The molecule has 2 rings (SSSR count). The van der Waals surface area contributed by atoms with Crippen molar-refractivity contribution in [2.75, 3.05) is 13.2 Å². The Balaban J connectivity index is 2.18. The average molecular weight is 425 g/mol. The summed E-state index contributed by atoms with van der Waals surface area (Å²) in [5.41, 5.74) is 3.33. The number of nitrogens with zero attached hydrogens (tertiary/aromatic N) is 1. The molecule has 0 bridgehead atoms. The lowest BCUT2D eigenvalue weighted by Gasteiger charge is -2.31. The van der Waals surface area contributed by atoms with Crippen LogP contribution in [0.1, 0.15) is 50.8 Å². The van der Waals surface area contributed by atoms with E-state index in [1.165, 1.54) is 5.56 Å². The van der Waals surface area contributed by atoms with E-state index in [4.69, 9.17) is 4.74 Å². The number of ether oxygens (including phenoxy) is 1. The zero-order chi connectivity index (χ0) is 22.8.